The van der Waals surface area contributed by atoms with Gasteiger partial charge in [-0.1, -0.05) is 79.1 Å². The highest BCUT2D eigenvalue weighted by Gasteiger charge is 2.32. The van der Waals surface area contributed by atoms with Crippen LogP contribution in [0.25, 0.3) is 0 Å². The number of hydrogen-bond donors (Lipinski definition) is 1. The fraction of sp³-hybridized carbons (Fsp3) is 0.375. The monoisotopic (exact) mass is 563 g/mol. The largest absolute Gasteiger partial charge is 0.354 e. The van der Waals surface area contributed by atoms with Gasteiger partial charge in [0.1, 0.15) is 12.6 Å². The van der Waals surface area contributed by atoms with Crippen molar-refractivity contribution >= 4 is 27.5 Å². The summed E-state index contributed by atoms with van der Waals surface area (Å²) < 4.78 is 29.1. The molecule has 0 saturated carbocycles. The van der Waals surface area contributed by atoms with Crippen LogP contribution in [0, 0.1) is 20.8 Å². The molecule has 0 radical (unpaired) electrons. The van der Waals surface area contributed by atoms with Crippen molar-refractivity contribution in [3.8, 4) is 0 Å². The maximum absolute atomic E-state index is 14.0. The molecule has 0 aromatic heterocycles. The first-order valence-corrected chi connectivity index (χ1v) is 15.3. The van der Waals surface area contributed by atoms with Gasteiger partial charge >= 0.3 is 0 Å². The number of carbonyl (C=O) groups excluding carboxylic acids is 2. The van der Waals surface area contributed by atoms with Crippen molar-refractivity contribution in [3.05, 3.63) is 95.1 Å². The number of hydrogen-bond acceptors (Lipinski definition) is 4. The number of amides is 2. The molecule has 0 saturated heterocycles. The van der Waals surface area contributed by atoms with Gasteiger partial charge < -0.3 is 10.2 Å². The summed E-state index contributed by atoms with van der Waals surface area (Å²) >= 11 is 0. The Labute approximate surface area is 239 Å². The minimum absolute atomic E-state index is 0.104. The lowest BCUT2D eigenvalue weighted by Crippen LogP contribution is -2.52. The summed E-state index contributed by atoms with van der Waals surface area (Å²) in [6.07, 6.45) is 2.31. The molecule has 1 N–H and O–H groups in total. The van der Waals surface area contributed by atoms with Gasteiger partial charge in [-0.05, 0) is 69.9 Å². The van der Waals surface area contributed by atoms with Gasteiger partial charge in [0.25, 0.3) is 10.0 Å². The highest BCUT2D eigenvalue weighted by molar-refractivity contribution is 7.92. The number of nitrogens with one attached hydrogen (secondary N) is 1. The third-order valence-corrected chi connectivity index (χ3v) is 8.76. The van der Waals surface area contributed by atoms with E-state index in [1.54, 1.807) is 37.3 Å². The Morgan fingerprint density at radius 2 is 1.55 bits per heavy atom. The molecule has 214 valence electrons. The van der Waals surface area contributed by atoms with Gasteiger partial charge in [0.05, 0.1) is 10.6 Å². The zero-order chi connectivity index (χ0) is 29.3. The Hall–Kier alpha value is -3.65. The highest BCUT2D eigenvalue weighted by Crippen LogP contribution is 2.28. The summed E-state index contributed by atoms with van der Waals surface area (Å²) in [6.45, 7) is 9.77. The van der Waals surface area contributed by atoms with Crippen molar-refractivity contribution in [3.63, 3.8) is 0 Å². The van der Waals surface area contributed by atoms with Gasteiger partial charge in [-0.3, -0.25) is 13.9 Å². The summed E-state index contributed by atoms with van der Waals surface area (Å²) in [6, 6.07) is 21.0. The number of carbonyl (C=O) groups is 2. The molecule has 0 aliphatic rings. The first kappa shape index (κ1) is 30.9. The van der Waals surface area contributed by atoms with E-state index in [-0.39, 0.29) is 17.3 Å². The molecule has 0 spiro atoms. The van der Waals surface area contributed by atoms with Crippen molar-refractivity contribution in [2.24, 2.45) is 0 Å². The van der Waals surface area contributed by atoms with Crippen molar-refractivity contribution in [2.45, 2.75) is 64.8 Å². The third-order valence-electron chi connectivity index (χ3n) is 6.99. The third kappa shape index (κ3) is 7.94. The maximum atomic E-state index is 14.0. The molecular weight excluding hydrogens is 522 g/mol. The van der Waals surface area contributed by atoms with E-state index >= 15 is 0 Å². The molecule has 3 aromatic carbocycles. The lowest BCUT2D eigenvalue weighted by Gasteiger charge is -2.32. The number of sulfonamides is 1. The van der Waals surface area contributed by atoms with Crippen LogP contribution in [-0.4, -0.2) is 50.8 Å². The molecule has 3 aromatic rings. The topological polar surface area (TPSA) is 86.8 Å². The van der Waals surface area contributed by atoms with E-state index in [1.807, 2.05) is 70.2 Å². The predicted octanol–water partition coefficient (Wildman–Crippen LogP) is 5.18. The minimum Gasteiger partial charge on any atom is -0.354 e. The average Bonchev–Trinajstić information content (AvgIpc) is 2.93. The van der Waals surface area contributed by atoms with Gasteiger partial charge in [0.15, 0.2) is 0 Å². The van der Waals surface area contributed by atoms with Crippen molar-refractivity contribution in [1.82, 2.24) is 10.2 Å². The van der Waals surface area contributed by atoms with Crippen LogP contribution in [0.1, 0.15) is 48.9 Å². The van der Waals surface area contributed by atoms with Crippen LogP contribution in [0.3, 0.4) is 0 Å². The smallest absolute Gasteiger partial charge is 0.264 e. The van der Waals surface area contributed by atoms with Crippen LogP contribution in [0.4, 0.5) is 5.69 Å². The summed E-state index contributed by atoms with van der Waals surface area (Å²) in [7, 11) is -4.08. The quantitative estimate of drug-likeness (QED) is 0.290. The van der Waals surface area contributed by atoms with E-state index in [0.717, 1.165) is 35.1 Å². The number of aryl methyl sites for hydroxylation is 3. The molecule has 8 heteroatoms. The van der Waals surface area contributed by atoms with E-state index in [4.69, 9.17) is 0 Å². The van der Waals surface area contributed by atoms with Gasteiger partial charge in [-0.2, -0.15) is 0 Å². The van der Waals surface area contributed by atoms with Gasteiger partial charge in [-0.15, -0.1) is 0 Å². The van der Waals surface area contributed by atoms with E-state index in [9.17, 15) is 18.0 Å². The van der Waals surface area contributed by atoms with E-state index in [1.165, 1.54) is 9.21 Å². The zero-order valence-corrected chi connectivity index (χ0v) is 25.0. The zero-order valence-electron chi connectivity index (χ0n) is 24.2. The Balaban J connectivity index is 1.98. The Morgan fingerprint density at radius 1 is 0.900 bits per heavy atom. The molecular formula is C32H41N3O4S. The van der Waals surface area contributed by atoms with Crippen LogP contribution in [0.15, 0.2) is 77.7 Å². The molecule has 0 unspecified atom stereocenters. The highest BCUT2D eigenvalue weighted by atomic mass is 32.2. The normalized spacial score (nSPS) is 12.0. The fourth-order valence-electron chi connectivity index (χ4n) is 4.54. The molecule has 0 fully saturated rings. The van der Waals surface area contributed by atoms with Crippen molar-refractivity contribution < 1.29 is 18.0 Å². The number of nitrogens with zero attached hydrogens (tertiary/aromatic N) is 2. The molecule has 3 rings (SSSR count). The second-order valence-electron chi connectivity index (χ2n) is 10.3. The molecule has 2 amide bonds. The number of anilines is 1. The van der Waals surface area contributed by atoms with Crippen LogP contribution < -0.4 is 9.62 Å². The van der Waals surface area contributed by atoms with Crippen molar-refractivity contribution in [2.75, 3.05) is 23.9 Å². The number of rotatable bonds is 13. The molecule has 1 atom stereocenters. The van der Waals surface area contributed by atoms with Gasteiger partial charge in [0, 0.05) is 13.1 Å². The van der Waals surface area contributed by atoms with Crippen LogP contribution >= 0.6 is 0 Å². The predicted molar refractivity (Wildman–Crippen MR) is 161 cm³/mol. The maximum Gasteiger partial charge on any atom is 0.264 e. The summed E-state index contributed by atoms with van der Waals surface area (Å²) in [5.41, 5.74) is 4.12. The second-order valence-corrected chi connectivity index (χ2v) is 12.1. The Morgan fingerprint density at radius 3 is 2.17 bits per heavy atom. The minimum atomic E-state index is -4.08. The second kappa shape index (κ2) is 14.1. The van der Waals surface area contributed by atoms with E-state index < -0.39 is 28.5 Å². The fourth-order valence-corrected chi connectivity index (χ4v) is 6.02. The molecule has 0 aliphatic carbocycles. The standard InChI is InChI=1S/C32H41N3O4S/c1-6-7-20-33-32(37)27(5)34(21-19-28-11-9-8-10-12-28)31(36)23-35(30-18-15-25(3)22-26(30)4)40(38,39)29-16-13-24(2)14-17-29/h8-18,22,27H,6-7,19-21,23H2,1-5H3,(H,33,37)/t27-/m0/s1. The summed E-state index contributed by atoms with van der Waals surface area (Å²) in [5.74, 6) is -0.695. The first-order chi connectivity index (χ1) is 19.0. The summed E-state index contributed by atoms with van der Waals surface area (Å²) in [5, 5.41) is 2.91. The molecule has 0 aliphatic heterocycles. The summed E-state index contributed by atoms with van der Waals surface area (Å²) in [4.78, 5) is 28.6. The van der Waals surface area contributed by atoms with Gasteiger partial charge in [0.2, 0.25) is 11.8 Å². The molecule has 0 bridgehead atoms. The van der Waals surface area contributed by atoms with Crippen LogP contribution in [0.5, 0.6) is 0 Å². The number of unbranched alkanes of at least 4 members (excludes halogenated alkanes) is 1. The number of benzene rings is 3. The molecule has 7 nitrogen and oxygen atoms in total. The lowest BCUT2D eigenvalue weighted by molar-refractivity contribution is -0.138. The van der Waals surface area contributed by atoms with Crippen molar-refractivity contribution in [1.29, 1.82) is 0 Å². The molecule has 0 heterocycles. The lowest BCUT2D eigenvalue weighted by atomic mass is 10.1. The Bertz CT molecular complexity index is 1390. The first-order valence-electron chi connectivity index (χ1n) is 13.8. The van der Waals surface area contributed by atoms with Crippen LogP contribution in [-0.2, 0) is 26.0 Å². The van der Waals surface area contributed by atoms with Gasteiger partial charge in [-0.25, -0.2) is 8.42 Å². The molecule has 40 heavy (non-hydrogen) atoms. The SMILES string of the molecule is CCCCNC(=O)[C@H](C)N(CCc1ccccc1)C(=O)CN(c1ccc(C)cc1C)S(=O)(=O)c1ccc(C)cc1. The van der Waals surface area contributed by atoms with Crippen LogP contribution in [0.2, 0.25) is 0 Å². The average molecular weight is 564 g/mol. The van der Waals surface area contributed by atoms with E-state index in [0.29, 0.717) is 18.7 Å². The van der Waals surface area contributed by atoms with E-state index in [2.05, 4.69) is 5.32 Å². The Kier molecular flexibility index (Phi) is 10.9.